The van der Waals surface area contributed by atoms with E-state index in [2.05, 4.69) is 44.3 Å². The van der Waals surface area contributed by atoms with Crippen LogP contribution in [0.2, 0.25) is 0 Å². The van der Waals surface area contributed by atoms with E-state index in [4.69, 9.17) is 0 Å². The van der Waals surface area contributed by atoms with E-state index in [9.17, 15) is 5.11 Å². The molecule has 1 aromatic rings. The zero-order valence-electron chi connectivity index (χ0n) is 13.7. The van der Waals surface area contributed by atoms with Crippen molar-refractivity contribution >= 4 is 17.8 Å². The molecule has 1 heterocycles. The van der Waals surface area contributed by atoms with Gasteiger partial charge in [-0.05, 0) is 26.7 Å². The van der Waals surface area contributed by atoms with Crippen LogP contribution in [0.25, 0.3) is 0 Å². The Kier molecular flexibility index (Phi) is 7.14. The first-order valence-electron chi connectivity index (χ1n) is 7.67. The second kappa shape index (κ2) is 8.61. The highest BCUT2D eigenvalue weighted by atomic mass is 16.3. The fourth-order valence-corrected chi connectivity index (χ4v) is 1.90. The van der Waals surface area contributed by atoms with Crippen LogP contribution in [-0.4, -0.2) is 52.3 Å². The van der Waals surface area contributed by atoms with Gasteiger partial charge in [0.1, 0.15) is 0 Å². The summed E-state index contributed by atoms with van der Waals surface area (Å²) in [5.41, 5.74) is 0. The fourth-order valence-electron chi connectivity index (χ4n) is 1.90. The maximum atomic E-state index is 9.44. The summed E-state index contributed by atoms with van der Waals surface area (Å²) in [4.78, 5) is 15.3. The molecule has 1 unspecified atom stereocenters. The van der Waals surface area contributed by atoms with Crippen LogP contribution in [0, 0.1) is 5.92 Å². The summed E-state index contributed by atoms with van der Waals surface area (Å²) in [7, 11) is 0. The number of nitrogens with one attached hydrogen (secondary N) is 2. The third kappa shape index (κ3) is 5.00. The topological polar surface area (TPSA) is 86.2 Å². The summed E-state index contributed by atoms with van der Waals surface area (Å²) >= 11 is 0. The first-order valence-corrected chi connectivity index (χ1v) is 7.67. The van der Waals surface area contributed by atoms with Crippen molar-refractivity contribution in [1.82, 2.24) is 15.0 Å². The van der Waals surface area contributed by atoms with E-state index in [0.29, 0.717) is 17.8 Å². The van der Waals surface area contributed by atoms with Gasteiger partial charge < -0.3 is 20.6 Å². The first-order chi connectivity index (χ1) is 10.0. The van der Waals surface area contributed by atoms with Gasteiger partial charge in [-0.15, -0.1) is 0 Å². The van der Waals surface area contributed by atoms with Crippen LogP contribution in [-0.2, 0) is 0 Å². The van der Waals surface area contributed by atoms with Gasteiger partial charge in [-0.1, -0.05) is 13.8 Å². The molecule has 1 atom stereocenters. The van der Waals surface area contributed by atoms with Gasteiger partial charge in [0.2, 0.25) is 17.8 Å². The number of hydrogen-bond acceptors (Lipinski definition) is 7. The molecule has 0 saturated carbocycles. The van der Waals surface area contributed by atoms with Gasteiger partial charge in [-0.25, -0.2) is 0 Å². The van der Waals surface area contributed by atoms with Crippen LogP contribution in [0.1, 0.15) is 34.6 Å². The number of nitrogens with zero attached hydrogens (tertiary/aromatic N) is 4. The zero-order valence-corrected chi connectivity index (χ0v) is 13.7. The largest absolute Gasteiger partial charge is 0.394 e. The molecule has 7 heteroatoms. The second-order valence-corrected chi connectivity index (χ2v) is 5.16. The second-order valence-electron chi connectivity index (χ2n) is 5.16. The molecule has 0 fully saturated rings. The minimum atomic E-state index is -0.0774. The molecule has 0 aliphatic rings. The maximum Gasteiger partial charge on any atom is 0.231 e. The Hall–Kier alpha value is -1.63. The van der Waals surface area contributed by atoms with E-state index in [1.165, 1.54) is 0 Å². The van der Waals surface area contributed by atoms with Crippen LogP contribution >= 0.6 is 0 Å². The molecule has 0 bridgehead atoms. The van der Waals surface area contributed by atoms with Crippen LogP contribution in [0.5, 0.6) is 0 Å². The molecule has 0 spiro atoms. The van der Waals surface area contributed by atoms with Crippen molar-refractivity contribution in [2.24, 2.45) is 5.92 Å². The summed E-state index contributed by atoms with van der Waals surface area (Å²) in [5.74, 6) is 1.98. The van der Waals surface area contributed by atoms with Gasteiger partial charge in [-0.2, -0.15) is 15.0 Å². The van der Waals surface area contributed by atoms with Crippen molar-refractivity contribution in [1.29, 1.82) is 0 Å². The molecule has 120 valence electrons. The number of anilines is 3. The summed E-state index contributed by atoms with van der Waals surface area (Å²) in [6, 6.07) is -0.0774. The van der Waals surface area contributed by atoms with Gasteiger partial charge in [0, 0.05) is 19.6 Å². The van der Waals surface area contributed by atoms with Crippen LogP contribution in [0.3, 0.4) is 0 Å². The molecule has 7 nitrogen and oxygen atoms in total. The molecule has 21 heavy (non-hydrogen) atoms. The highest BCUT2D eigenvalue weighted by molar-refractivity contribution is 5.44. The lowest BCUT2D eigenvalue weighted by atomic mass is 10.1. The fraction of sp³-hybridized carbons (Fsp3) is 0.786. The number of aliphatic hydroxyl groups excluding tert-OH is 1. The first kappa shape index (κ1) is 17.4. The Morgan fingerprint density at radius 3 is 2.14 bits per heavy atom. The van der Waals surface area contributed by atoms with Crippen LogP contribution < -0.4 is 15.5 Å². The van der Waals surface area contributed by atoms with Crippen LogP contribution in [0.15, 0.2) is 0 Å². The molecular formula is C14H28N6O. The van der Waals surface area contributed by atoms with Crippen molar-refractivity contribution in [2.45, 2.75) is 40.7 Å². The van der Waals surface area contributed by atoms with Crippen LogP contribution in [0.4, 0.5) is 17.8 Å². The molecule has 0 aliphatic carbocycles. The van der Waals surface area contributed by atoms with E-state index >= 15 is 0 Å². The third-order valence-corrected chi connectivity index (χ3v) is 3.32. The Morgan fingerprint density at radius 1 is 1.05 bits per heavy atom. The predicted octanol–water partition coefficient (Wildman–Crippen LogP) is 1.58. The molecule has 0 amide bonds. The highest BCUT2D eigenvalue weighted by Crippen LogP contribution is 2.15. The molecular weight excluding hydrogens is 268 g/mol. The van der Waals surface area contributed by atoms with E-state index in [1.54, 1.807) is 0 Å². The summed E-state index contributed by atoms with van der Waals surface area (Å²) < 4.78 is 0. The molecule has 0 radical (unpaired) electrons. The van der Waals surface area contributed by atoms with Gasteiger partial charge >= 0.3 is 0 Å². The van der Waals surface area contributed by atoms with Crippen molar-refractivity contribution in [2.75, 3.05) is 41.8 Å². The Morgan fingerprint density at radius 2 is 1.67 bits per heavy atom. The third-order valence-electron chi connectivity index (χ3n) is 3.32. The van der Waals surface area contributed by atoms with Crippen molar-refractivity contribution in [3.8, 4) is 0 Å². The lowest BCUT2D eigenvalue weighted by Crippen LogP contribution is -2.31. The Balaban J connectivity index is 3.06. The van der Waals surface area contributed by atoms with E-state index in [1.807, 2.05) is 20.8 Å². The highest BCUT2D eigenvalue weighted by Gasteiger charge is 2.16. The lowest BCUT2D eigenvalue weighted by Gasteiger charge is -2.23. The molecule has 3 N–H and O–H groups in total. The maximum absolute atomic E-state index is 9.44. The minimum absolute atomic E-state index is 0.0422. The van der Waals surface area contributed by atoms with Gasteiger partial charge in [0.25, 0.3) is 0 Å². The Labute approximate surface area is 127 Å². The van der Waals surface area contributed by atoms with E-state index in [0.717, 1.165) is 19.6 Å². The number of aliphatic hydroxyl groups is 1. The smallest absolute Gasteiger partial charge is 0.231 e. The SMILES string of the molecule is CCNc1nc(NC(CO)C(C)C)nc(N(CC)CC)n1. The minimum Gasteiger partial charge on any atom is -0.394 e. The molecule has 0 aromatic carbocycles. The number of hydrogen-bond donors (Lipinski definition) is 3. The van der Waals surface area contributed by atoms with E-state index in [-0.39, 0.29) is 18.6 Å². The number of rotatable bonds is 9. The van der Waals surface area contributed by atoms with Crippen molar-refractivity contribution < 1.29 is 5.11 Å². The average molecular weight is 296 g/mol. The van der Waals surface area contributed by atoms with Gasteiger partial charge in [0.15, 0.2) is 0 Å². The van der Waals surface area contributed by atoms with Crippen molar-refractivity contribution in [3.05, 3.63) is 0 Å². The summed E-state index contributed by atoms with van der Waals surface area (Å²) in [6.45, 7) is 12.7. The summed E-state index contributed by atoms with van der Waals surface area (Å²) in [5, 5.41) is 15.8. The summed E-state index contributed by atoms with van der Waals surface area (Å²) in [6.07, 6.45) is 0. The van der Waals surface area contributed by atoms with Gasteiger partial charge in [-0.3, -0.25) is 0 Å². The van der Waals surface area contributed by atoms with Gasteiger partial charge in [0.05, 0.1) is 12.6 Å². The predicted molar refractivity (Wildman–Crippen MR) is 86.9 cm³/mol. The monoisotopic (exact) mass is 296 g/mol. The molecule has 0 saturated heterocycles. The Bertz CT molecular complexity index is 422. The molecule has 1 rings (SSSR count). The standard InChI is InChI=1S/C14H28N6O/c1-6-15-12-17-13(16-11(9-21)10(4)5)19-14(18-12)20(7-2)8-3/h10-11,21H,6-9H2,1-5H3,(H2,15,16,17,18,19). The quantitative estimate of drug-likeness (QED) is 0.638. The molecule has 1 aromatic heterocycles. The lowest BCUT2D eigenvalue weighted by molar-refractivity contribution is 0.248. The average Bonchev–Trinajstić information content (AvgIpc) is 2.46. The molecule has 0 aliphatic heterocycles. The number of aromatic nitrogens is 3. The van der Waals surface area contributed by atoms with E-state index < -0.39 is 0 Å². The normalized spacial score (nSPS) is 12.3. The zero-order chi connectivity index (χ0) is 15.8. The van der Waals surface area contributed by atoms with Crippen molar-refractivity contribution in [3.63, 3.8) is 0 Å².